The summed E-state index contributed by atoms with van der Waals surface area (Å²) in [6.45, 7) is 6.12. The molecule has 2 aromatic heterocycles. The molecule has 5 rings (SSSR count). The zero-order valence-electron chi connectivity index (χ0n) is 17.5. The lowest BCUT2D eigenvalue weighted by Gasteiger charge is -2.35. The van der Waals surface area contributed by atoms with Crippen molar-refractivity contribution in [2.75, 3.05) is 26.2 Å². The van der Waals surface area contributed by atoms with Crippen LogP contribution >= 0.6 is 0 Å². The number of pyridine rings is 1. The maximum absolute atomic E-state index is 13.2. The molecule has 4 aromatic rings. The summed E-state index contributed by atoms with van der Waals surface area (Å²) in [4.78, 5) is 21.9. The van der Waals surface area contributed by atoms with Crippen LogP contribution in [0.15, 0.2) is 66.9 Å². The van der Waals surface area contributed by atoms with Crippen molar-refractivity contribution >= 4 is 17.1 Å². The van der Waals surface area contributed by atoms with E-state index in [4.69, 9.17) is 0 Å². The van der Waals surface area contributed by atoms with Gasteiger partial charge in [0.15, 0.2) is 5.65 Å². The third kappa shape index (κ3) is 3.92. The number of hydrogen-bond donors (Lipinski definition) is 0. The molecule has 2 aromatic carbocycles. The summed E-state index contributed by atoms with van der Waals surface area (Å²) in [6, 6.07) is 19.9. The summed E-state index contributed by atoms with van der Waals surface area (Å²) in [5.41, 5.74) is 5.23. The first-order chi connectivity index (χ1) is 15.2. The van der Waals surface area contributed by atoms with Crippen LogP contribution in [0, 0.1) is 6.92 Å². The van der Waals surface area contributed by atoms with Gasteiger partial charge in [0.05, 0.1) is 5.69 Å². The van der Waals surface area contributed by atoms with Gasteiger partial charge in [0.1, 0.15) is 5.52 Å². The lowest BCUT2D eigenvalue weighted by atomic mass is 10.1. The Kier molecular flexibility index (Phi) is 5.18. The number of fused-ring (bicyclic) bond motifs is 1. The van der Waals surface area contributed by atoms with E-state index in [1.54, 1.807) is 10.9 Å². The molecular weight excluding hydrogens is 388 g/mol. The van der Waals surface area contributed by atoms with Gasteiger partial charge in [-0.25, -0.2) is 4.98 Å². The molecule has 31 heavy (non-hydrogen) atoms. The van der Waals surface area contributed by atoms with Crippen LogP contribution < -0.4 is 0 Å². The van der Waals surface area contributed by atoms with Crippen LogP contribution in [0.3, 0.4) is 0 Å². The fourth-order valence-corrected chi connectivity index (χ4v) is 4.03. The predicted molar refractivity (Wildman–Crippen MR) is 119 cm³/mol. The number of hydrogen-bond acceptors (Lipinski definition) is 5. The molecule has 156 valence electrons. The standard InChI is InChI=1S/C24H24N6O/c1-18-9-10-20(16-22(18)30-23-21(26-27-30)8-5-11-25-23)24(31)29-14-12-28(13-15-29)17-19-6-3-2-4-7-19/h2-11,16H,12-15,17H2,1H3. The summed E-state index contributed by atoms with van der Waals surface area (Å²) >= 11 is 0. The first-order valence-corrected chi connectivity index (χ1v) is 10.5. The first kappa shape index (κ1) is 19.4. The molecule has 0 radical (unpaired) electrons. The number of benzene rings is 2. The normalized spacial score (nSPS) is 14.8. The van der Waals surface area contributed by atoms with Gasteiger partial charge in [0.2, 0.25) is 0 Å². The minimum Gasteiger partial charge on any atom is -0.336 e. The number of carbonyl (C=O) groups is 1. The largest absolute Gasteiger partial charge is 0.336 e. The monoisotopic (exact) mass is 412 g/mol. The van der Waals surface area contributed by atoms with Crippen molar-refractivity contribution in [3.8, 4) is 5.69 Å². The van der Waals surface area contributed by atoms with Gasteiger partial charge in [-0.05, 0) is 42.3 Å². The summed E-state index contributed by atoms with van der Waals surface area (Å²) in [7, 11) is 0. The number of piperazine rings is 1. The molecule has 1 aliphatic rings. The Hall–Kier alpha value is -3.58. The van der Waals surface area contributed by atoms with Crippen molar-refractivity contribution in [1.82, 2.24) is 29.8 Å². The second-order valence-electron chi connectivity index (χ2n) is 7.90. The van der Waals surface area contributed by atoms with Gasteiger partial charge in [0, 0.05) is 44.5 Å². The van der Waals surface area contributed by atoms with Gasteiger partial charge < -0.3 is 4.90 Å². The van der Waals surface area contributed by atoms with Crippen molar-refractivity contribution in [3.63, 3.8) is 0 Å². The van der Waals surface area contributed by atoms with Crippen LogP contribution in [0.4, 0.5) is 0 Å². The highest BCUT2D eigenvalue weighted by Crippen LogP contribution is 2.21. The van der Waals surface area contributed by atoms with Crippen molar-refractivity contribution in [3.05, 3.63) is 83.6 Å². The lowest BCUT2D eigenvalue weighted by Crippen LogP contribution is -2.48. The highest BCUT2D eigenvalue weighted by Gasteiger charge is 2.23. The summed E-state index contributed by atoms with van der Waals surface area (Å²) in [5, 5.41) is 8.45. The maximum Gasteiger partial charge on any atom is 0.254 e. The summed E-state index contributed by atoms with van der Waals surface area (Å²) in [6.07, 6.45) is 1.72. The van der Waals surface area contributed by atoms with Crippen molar-refractivity contribution in [2.45, 2.75) is 13.5 Å². The lowest BCUT2D eigenvalue weighted by molar-refractivity contribution is 0.0628. The van der Waals surface area contributed by atoms with Crippen LogP contribution in [-0.4, -0.2) is 61.9 Å². The van der Waals surface area contributed by atoms with Crippen molar-refractivity contribution in [1.29, 1.82) is 0 Å². The average molecular weight is 412 g/mol. The van der Waals surface area contributed by atoms with Crippen LogP contribution in [0.25, 0.3) is 16.9 Å². The second-order valence-corrected chi connectivity index (χ2v) is 7.90. The van der Waals surface area contributed by atoms with E-state index in [1.807, 2.05) is 48.2 Å². The van der Waals surface area contributed by atoms with E-state index in [9.17, 15) is 4.79 Å². The van der Waals surface area contributed by atoms with Gasteiger partial charge in [-0.2, -0.15) is 4.68 Å². The molecule has 1 saturated heterocycles. The summed E-state index contributed by atoms with van der Waals surface area (Å²) < 4.78 is 1.71. The molecule has 0 aliphatic carbocycles. The summed E-state index contributed by atoms with van der Waals surface area (Å²) in [5.74, 6) is 0.0537. The van der Waals surface area contributed by atoms with Gasteiger partial charge >= 0.3 is 0 Å². The minimum absolute atomic E-state index is 0.0537. The predicted octanol–water partition coefficient (Wildman–Crippen LogP) is 3.08. The van der Waals surface area contributed by atoms with E-state index >= 15 is 0 Å². The molecule has 3 heterocycles. The fourth-order valence-electron chi connectivity index (χ4n) is 4.03. The number of aryl methyl sites for hydroxylation is 1. The van der Waals surface area contributed by atoms with Crippen molar-refractivity contribution in [2.24, 2.45) is 0 Å². The third-order valence-corrected chi connectivity index (χ3v) is 5.80. The number of nitrogens with zero attached hydrogens (tertiary/aromatic N) is 6. The Bertz CT molecular complexity index is 1210. The average Bonchev–Trinajstić information content (AvgIpc) is 3.24. The Morgan fingerprint density at radius 3 is 2.58 bits per heavy atom. The Morgan fingerprint density at radius 2 is 1.77 bits per heavy atom. The molecule has 0 N–H and O–H groups in total. The highest BCUT2D eigenvalue weighted by atomic mass is 16.2. The molecule has 1 fully saturated rings. The van der Waals surface area contributed by atoms with Gasteiger partial charge in [-0.3, -0.25) is 9.69 Å². The van der Waals surface area contributed by atoms with E-state index in [-0.39, 0.29) is 5.91 Å². The minimum atomic E-state index is 0.0537. The molecule has 0 saturated carbocycles. The van der Waals surface area contributed by atoms with Gasteiger partial charge in [0.25, 0.3) is 5.91 Å². The van der Waals surface area contributed by atoms with Gasteiger partial charge in [-0.1, -0.05) is 41.6 Å². The van der Waals surface area contributed by atoms with Crippen LogP contribution in [0.2, 0.25) is 0 Å². The molecule has 0 spiro atoms. The zero-order valence-corrected chi connectivity index (χ0v) is 17.5. The SMILES string of the molecule is Cc1ccc(C(=O)N2CCN(Cc3ccccc3)CC2)cc1-n1nnc2cccnc21. The number of rotatable bonds is 4. The topological polar surface area (TPSA) is 67.2 Å². The van der Waals surface area contributed by atoms with E-state index in [0.29, 0.717) is 11.2 Å². The molecule has 7 heteroatoms. The molecule has 0 atom stereocenters. The number of carbonyl (C=O) groups excluding carboxylic acids is 1. The molecular formula is C24H24N6O. The quantitative estimate of drug-likeness (QED) is 0.515. The van der Waals surface area contributed by atoms with Crippen LogP contribution in [-0.2, 0) is 6.54 Å². The van der Waals surface area contributed by atoms with E-state index in [0.717, 1.165) is 49.5 Å². The van der Waals surface area contributed by atoms with Gasteiger partial charge in [-0.15, -0.1) is 5.10 Å². The zero-order chi connectivity index (χ0) is 21.2. The number of amides is 1. The van der Waals surface area contributed by atoms with E-state index in [2.05, 4.69) is 44.5 Å². The fraction of sp³-hybridized carbons (Fsp3) is 0.250. The van der Waals surface area contributed by atoms with E-state index < -0.39 is 0 Å². The smallest absolute Gasteiger partial charge is 0.254 e. The number of aromatic nitrogens is 4. The van der Waals surface area contributed by atoms with Crippen LogP contribution in [0.5, 0.6) is 0 Å². The first-order valence-electron chi connectivity index (χ1n) is 10.5. The molecule has 0 bridgehead atoms. The molecule has 1 amide bonds. The third-order valence-electron chi connectivity index (χ3n) is 5.80. The highest BCUT2D eigenvalue weighted by molar-refractivity contribution is 5.95. The van der Waals surface area contributed by atoms with E-state index in [1.165, 1.54) is 5.56 Å². The molecule has 0 unspecified atom stereocenters. The Morgan fingerprint density at radius 1 is 0.968 bits per heavy atom. The Labute approximate surface area is 180 Å². The molecule has 7 nitrogen and oxygen atoms in total. The van der Waals surface area contributed by atoms with Crippen LogP contribution in [0.1, 0.15) is 21.5 Å². The second kappa shape index (κ2) is 8.28. The maximum atomic E-state index is 13.2. The Balaban J connectivity index is 1.32. The van der Waals surface area contributed by atoms with Crippen molar-refractivity contribution < 1.29 is 4.79 Å². The molecule has 1 aliphatic heterocycles.